The van der Waals surface area contributed by atoms with Crippen LogP contribution in [0, 0.1) is 0 Å². The molecule has 0 bridgehead atoms. The van der Waals surface area contributed by atoms with Crippen LogP contribution < -0.4 is 5.32 Å². The van der Waals surface area contributed by atoms with Crippen LogP contribution in [0.1, 0.15) is 17.5 Å². The summed E-state index contributed by atoms with van der Waals surface area (Å²) in [6, 6.07) is 9.69. The van der Waals surface area contributed by atoms with E-state index in [0.717, 1.165) is 0 Å². The van der Waals surface area contributed by atoms with Crippen LogP contribution in [-0.2, 0) is 9.53 Å². The molecule has 2 rings (SSSR count). The van der Waals surface area contributed by atoms with E-state index in [1.54, 1.807) is 30.3 Å². The molecule has 0 saturated heterocycles. The smallest absolute Gasteiger partial charge is 0.375 e. The van der Waals surface area contributed by atoms with Gasteiger partial charge in [0.25, 0.3) is 5.91 Å². The molecule has 0 saturated carbocycles. The molecule has 0 spiro atoms. The van der Waals surface area contributed by atoms with E-state index in [1.807, 2.05) is 0 Å². The Morgan fingerprint density at radius 2 is 2.10 bits per heavy atom. The van der Waals surface area contributed by atoms with Gasteiger partial charge in [-0.25, -0.2) is 4.79 Å². The zero-order valence-electron chi connectivity index (χ0n) is 10.9. The molecule has 1 aromatic carbocycles. The van der Waals surface area contributed by atoms with Crippen LogP contribution in [0.4, 0.5) is 5.69 Å². The Labute approximate surface area is 134 Å². The molecule has 0 unspecified atom stereocenters. The van der Waals surface area contributed by atoms with Gasteiger partial charge in [0.2, 0.25) is 5.76 Å². The Hall–Kier alpha value is -1.79. The Kier molecular flexibility index (Phi) is 5.03. The lowest BCUT2D eigenvalue weighted by atomic mass is 10.3. The molecule has 1 heterocycles. The fourth-order valence-corrected chi connectivity index (χ4v) is 2.00. The summed E-state index contributed by atoms with van der Waals surface area (Å²) in [6.45, 7) is 1.47. The second-order valence-electron chi connectivity index (χ2n) is 4.15. The van der Waals surface area contributed by atoms with E-state index in [2.05, 4.69) is 21.2 Å². The summed E-state index contributed by atoms with van der Waals surface area (Å²) < 4.78 is 10.5. The van der Waals surface area contributed by atoms with Gasteiger partial charge in [-0.3, -0.25) is 4.79 Å². The zero-order chi connectivity index (χ0) is 15.4. The van der Waals surface area contributed by atoms with Crippen molar-refractivity contribution in [1.82, 2.24) is 0 Å². The van der Waals surface area contributed by atoms with E-state index in [1.165, 1.54) is 13.0 Å². The number of amides is 1. The van der Waals surface area contributed by atoms with Crippen LogP contribution in [0.3, 0.4) is 0 Å². The summed E-state index contributed by atoms with van der Waals surface area (Å²) >= 11 is 8.90. The Bertz CT molecular complexity index is 670. The van der Waals surface area contributed by atoms with E-state index in [9.17, 15) is 9.59 Å². The van der Waals surface area contributed by atoms with Crippen LogP contribution in [0.5, 0.6) is 0 Å². The van der Waals surface area contributed by atoms with Crippen LogP contribution in [0.15, 0.2) is 45.5 Å². The van der Waals surface area contributed by atoms with Crippen LogP contribution >= 0.6 is 27.5 Å². The maximum atomic E-state index is 11.9. The summed E-state index contributed by atoms with van der Waals surface area (Å²) in [5.74, 6) is -1.16. The molecule has 0 radical (unpaired) electrons. The molecule has 1 atom stereocenters. The van der Waals surface area contributed by atoms with Gasteiger partial charge in [0.1, 0.15) is 0 Å². The van der Waals surface area contributed by atoms with Crippen LogP contribution in [-0.4, -0.2) is 18.0 Å². The molecule has 21 heavy (non-hydrogen) atoms. The molecule has 1 aromatic heterocycles. The number of hydrogen-bond donors (Lipinski definition) is 1. The van der Waals surface area contributed by atoms with Crippen molar-refractivity contribution in [2.75, 3.05) is 5.32 Å². The van der Waals surface area contributed by atoms with Crippen molar-refractivity contribution >= 4 is 45.1 Å². The molecule has 0 aliphatic heterocycles. The van der Waals surface area contributed by atoms with Crippen LogP contribution in [0.2, 0.25) is 5.02 Å². The van der Waals surface area contributed by atoms with Gasteiger partial charge in [-0.1, -0.05) is 17.7 Å². The predicted molar refractivity (Wildman–Crippen MR) is 81.4 cm³/mol. The van der Waals surface area contributed by atoms with Gasteiger partial charge < -0.3 is 14.5 Å². The number of hydrogen-bond acceptors (Lipinski definition) is 4. The lowest BCUT2D eigenvalue weighted by Gasteiger charge is -2.12. The number of ether oxygens (including phenoxy) is 1. The summed E-state index contributed by atoms with van der Waals surface area (Å²) in [6.07, 6.45) is -0.972. The highest BCUT2D eigenvalue weighted by molar-refractivity contribution is 9.10. The van der Waals surface area contributed by atoms with E-state index in [-0.39, 0.29) is 5.76 Å². The molecular weight excluding hydrogens is 362 g/mol. The fraction of sp³-hybridized carbons (Fsp3) is 0.143. The number of benzene rings is 1. The summed E-state index contributed by atoms with van der Waals surface area (Å²) in [7, 11) is 0. The second-order valence-corrected chi connectivity index (χ2v) is 5.37. The first-order valence-corrected chi connectivity index (χ1v) is 7.15. The van der Waals surface area contributed by atoms with Crippen molar-refractivity contribution in [3.63, 3.8) is 0 Å². The van der Waals surface area contributed by atoms with Crippen molar-refractivity contribution < 1.29 is 18.7 Å². The maximum Gasteiger partial charge on any atom is 0.375 e. The molecule has 7 heteroatoms. The van der Waals surface area contributed by atoms with E-state index >= 15 is 0 Å². The molecule has 0 aliphatic rings. The SMILES string of the molecule is C[C@@H](OC(=O)c1ccc(Br)o1)C(=O)Nc1cccc(Cl)c1. The number of carbonyl (C=O) groups is 2. The highest BCUT2D eigenvalue weighted by Crippen LogP contribution is 2.17. The Morgan fingerprint density at radius 3 is 2.71 bits per heavy atom. The first-order valence-electron chi connectivity index (χ1n) is 5.98. The van der Waals surface area contributed by atoms with Crippen molar-refractivity contribution in [3.05, 3.63) is 51.9 Å². The number of carbonyl (C=O) groups excluding carboxylic acids is 2. The molecule has 0 fully saturated rings. The summed E-state index contributed by atoms with van der Waals surface area (Å²) in [4.78, 5) is 23.7. The van der Waals surface area contributed by atoms with Gasteiger partial charge in [-0.2, -0.15) is 0 Å². The average molecular weight is 373 g/mol. The minimum atomic E-state index is -0.972. The van der Waals surface area contributed by atoms with Gasteiger partial charge in [0, 0.05) is 10.7 Å². The van der Waals surface area contributed by atoms with E-state index in [0.29, 0.717) is 15.4 Å². The minimum absolute atomic E-state index is 0.0179. The highest BCUT2D eigenvalue weighted by Gasteiger charge is 2.21. The van der Waals surface area contributed by atoms with Crippen LogP contribution in [0.25, 0.3) is 0 Å². The van der Waals surface area contributed by atoms with Gasteiger partial charge in [0.15, 0.2) is 10.8 Å². The number of rotatable bonds is 4. The fourth-order valence-electron chi connectivity index (χ4n) is 1.51. The molecule has 0 aliphatic carbocycles. The standard InChI is InChI=1S/C14H11BrClNO4/c1-8(20-14(19)11-5-6-12(15)21-11)13(18)17-10-4-2-3-9(16)7-10/h2-8H,1H3,(H,17,18)/t8-/m1/s1. The normalized spacial score (nSPS) is 11.8. The lowest BCUT2D eigenvalue weighted by Crippen LogP contribution is -2.29. The third kappa shape index (κ3) is 4.34. The van der Waals surface area contributed by atoms with Gasteiger partial charge in [-0.15, -0.1) is 0 Å². The number of anilines is 1. The largest absolute Gasteiger partial charge is 0.447 e. The molecule has 110 valence electrons. The quantitative estimate of drug-likeness (QED) is 0.827. The zero-order valence-corrected chi connectivity index (χ0v) is 13.3. The topological polar surface area (TPSA) is 68.5 Å². The predicted octanol–water partition coefficient (Wildman–Crippen LogP) is 3.88. The Morgan fingerprint density at radius 1 is 1.33 bits per heavy atom. The summed E-state index contributed by atoms with van der Waals surface area (Å²) in [5, 5.41) is 3.10. The molecule has 5 nitrogen and oxygen atoms in total. The van der Waals surface area contributed by atoms with E-state index in [4.69, 9.17) is 20.8 Å². The maximum absolute atomic E-state index is 11.9. The molecular formula is C14H11BrClNO4. The Balaban J connectivity index is 1.95. The molecule has 1 N–H and O–H groups in total. The second kappa shape index (κ2) is 6.78. The van der Waals surface area contributed by atoms with Gasteiger partial charge in [0.05, 0.1) is 0 Å². The number of nitrogens with one attached hydrogen (secondary N) is 1. The first kappa shape index (κ1) is 15.6. The highest BCUT2D eigenvalue weighted by atomic mass is 79.9. The van der Waals surface area contributed by atoms with Crippen molar-refractivity contribution in [2.24, 2.45) is 0 Å². The number of furan rings is 1. The number of halogens is 2. The average Bonchev–Trinajstić information content (AvgIpc) is 2.85. The van der Waals surface area contributed by atoms with Gasteiger partial charge in [-0.05, 0) is 53.2 Å². The third-order valence-electron chi connectivity index (χ3n) is 2.52. The summed E-state index contributed by atoms with van der Waals surface area (Å²) in [5.41, 5.74) is 0.524. The molecule has 2 aromatic rings. The van der Waals surface area contributed by atoms with Crippen molar-refractivity contribution in [2.45, 2.75) is 13.0 Å². The monoisotopic (exact) mass is 371 g/mol. The lowest BCUT2D eigenvalue weighted by molar-refractivity contribution is -0.123. The van der Waals surface area contributed by atoms with Crippen molar-refractivity contribution in [1.29, 1.82) is 0 Å². The first-order chi connectivity index (χ1) is 9.95. The third-order valence-corrected chi connectivity index (χ3v) is 3.18. The minimum Gasteiger partial charge on any atom is -0.447 e. The number of esters is 1. The van der Waals surface area contributed by atoms with E-state index < -0.39 is 18.0 Å². The van der Waals surface area contributed by atoms with Gasteiger partial charge >= 0.3 is 5.97 Å². The molecule has 1 amide bonds. The van der Waals surface area contributed by atoms with Crippen molar-refractivity contribution in [3.8, 4) is 0 Å².